The van der Waals surface area contributed by atoms with Crippen LogP contribution in [0.15, 0.2) is 0 Å². The van der Waals surface area contributed by atoms with E-state index in [1.165, 1.54) is 0 Å². The van der Waals surface area contributed by atoms with Gasteiger partial charge in [-0.25, -0.2) is 14.5 Å². The molecule has 2 fully saturated rings. The van der Waals surface area contributed by atoms with Gasteiger partial charge in [0.15, 0.2) is 0 Å². The Kier molecular flexibility index (Phi) is 4.97. The van der Waals surface area contributed by atoms with E-state index in [0.717, 1.165) is 17.7 Å². The standard InChI is InChI=1S/C14H20N4O5/c1-8(2)15-13(22)16-10(19)7-17-11(20)12(21)18(14(17)23)9-5-3-4-6-9/h8-9H,3-7H2,1-2H3,(H2,15,16,19,22). The van der Waals surface area contributed by atoms with Crippen molar-refractivity contribution in [2.45, 2.75) is 51.6 Å². The molecular formula is C14H20N4O5. The zero-order valence-corrected chi connectivity index (χ0v) is 13.1. The number of carbonyl (C=O) groups is 5. The molecule has 9 nitrogen and oxygen atoms in total. The van der Waals surface area contributed by atoms with Gasteiger partial charge in [-0.15, -0.1) is 0 Å². The Morgan fingerprint density at radius 1 is 1.13 bits per heavy atom. The molecule has 1 aliphatic heterocycles. The highest BCUT2D eigenvalue weighted by atomic mass is 16.2. The van der Waals surface area contributed by atoms with Crippen molar-refractivity contribution in [3.63, 3.8) is 0 Å². The first-order valence-corrected chi connectivity index (χ1v) is 7.60. The minimum atomic E-state index is -1.03. The summed E-state index contributed by atoms with van der Waals surface area (Å²) < 4.78 is 0. The van der Waals surface area contributed by atoms with E-state index < -0.39 is 36.3 Å². The number of urea groups is 2. The van der Waals surface area contributed by atoms with E-state index in [9.17, 15) is 24.0 Å². The zero-order chi connectivity index (χ0) is 17.1. The number of amides is 7. The molecule has 1 saturated carbocycles. The van der Waals surface area contributed by atoms with Gasteiger partial charge in [0, 0.05) is 12.1 Å². The van der Waals surface area contributed by atoms with Gasteiger partial charge in [0.1, 0.15) is 6.54 Å². The molecule has 1 aliphatic carbocycles. The Bertz CT molecular complexity index is 553. The minimum Gasteiger partial charge on any atom is -0.336 e. The van der Waals surface area contributed by atoms with Gasteiger partial charge in [-0.1, -0.05) is 12.8 Å². The molecule has 9 heteroatoms. The smallest absolute Gasteiger partial charge is 0.334 e. The molecule has 2 aliphatic rings. The number of imide groups is 3. The molecule has 0 unspecified atom stereocenters. The van der Waals surface area contributed by atoms with E-state index >= 15 is 0 Å². The molecule has 0 radical (unpaired) electrons. The summed E-state index contributed by atoms with van der Waals surface area (Å²) in [7, 11) is 0. The maximum absolute atomic E-state index is 12.2. The van der Waals surface area contributed by atoms with Crippen LogP contribution in [0.2, 0.25) is 0 Å². The first-order valence-electron chi connectivity index (χ1n) is 7.60. The van der Waals surface area contributed by atoms with Crippen LogP contribution in [0.3, 0.4) is 0 Å². The third kappa shape index (κ3) is 3.66. The predicted octanol–water partition coefficient (Wildman–Crippen LogP) is -0.0460. The van der Waals surface area contributed by atoms with Crippen LogP contribution < -0.4 is 10.6 Å². The maximum atomic E-state index is 12.2. The van der Waals surface area contributed by atoms with E-state index in [2.05, 4.69) is 5.32 Å². The van der Waals surface area contributed by atoms with Crippen LogP contribution in [0.4, 0.5) is 9.59 Å². The van der Waals surface area contributed by atoms with Crippen molar-refractivity contribution in [2.75, 3.05) is 6.54 Å². The zero-order valence-electron chi connectivity index (χ0n) is 13.1. The molecule has 1 heterocycles. The van der Waals surface area contributed by atoms with E-state index in [1.807, 2.05) is 5.32 Å². The summed E-state index contributed by atoms with van der Waals surface area (Å²) in [6, 6.07) is -1.96. The lowest BCUT2D eigenvalue weighted by Gasteiger charge is -2.20. The molecule has 0 atom stereocenters. The molecule has 7 amide bonds. The van der Waals surface area contributed by atoms with Gasteiger partial charge >= 0.3 is 23.9 Å². The second-order valence-electron chi connectivity index (χ2n) is 5.96. The summed E-state index contributed by atoms with van der Waals surface area (Å²) in [6.45, 7) is 2.78. The van der Waals surface area contributed by atoms with Gasteiger partial charge in [-0.3, -0.25) is 24.6 Å². The molecule has 2 N–H and O–H groups in total. The van der Waals surface area contributed by atoms with Crippen LogP contribution in [0.1, 0.15) is 39.5 Å². The van der Waals surface area contributed by atoms with E-state index in [0.29, 0.717) is 17.7 Å². The third-order valence-corrected chi connectivity index (χ3v) is 3.75. The SMILES string of the molecule is CC(C)NC(=O)NC(=O)CN1C(=O)C(=O)N(C2CCCC2)C1=O. The fourth-order valence-corrected chi connectivity index (χ4v) is 2.75. The largest absolute Gasteiger partial charge is 0.336 e. The molecule has 126 valence electrons. The van der Waals surface area contributed by atoms with Gasteiger partial charge in [0.05, 0.1) is 0 Å². The van der Waals surface area contributed by atoms with Crippen molar-refractivity contribution in [3.8, 4) is 0 Å². The first-order chi connectivity index (χ1) is 10.8. The van der Waals surface area contributed by atoms with Crippen molar-refractivity contribution in [1.82, 2.24) is 20.4 Å². The monoisotopic (exact) mass is 324 g/mol. The summed E-state index contributed by atoms with van der Waals surface area (Å²) in [5.41, 5.74) is 0. The van der Waals surface area contributed by atoms with Gasteiger partial charge < -0.3 is 5.32 Å². The Labute approximate surface area is 133 Å². The van der Waals surface area contributed by atoms with Crippen molar-refractivity contribution in [3.05, 3.63) is 0 Å². The van der Waals surface area contributed by atoms with E-state index in [1.54, 1.807) is 13.8 Å². The van der Waals surface area contributed by atoms with Crippen molar-refractivity contribution in [1.29, 1.82) is 0 Å². The summed E-state index contributed by atoms with van der Waals surface area (Å²) in [6.07, 6.45) is 3.13. The van der Waals surface area contributed by atoms with Crippen LogP contribution in [0, 0.1) is 0 Å². The van der Waals surface area contributed by atoms with Gasteiger partial charge in [0.2, 0.25) is 5.91 Å². The number of nitrogens with zero attached hydrogens (tertiary/aromatic N) is 2. The lowest BCUT2D eigenvalue weighted by molar-refractivity contribution is -0.144. The fraction of sp³-hybridized carbons (Fsp3) is 0.643. The Morgan fingerprint density at radius 2 is 1.74 bits per heavy atom. The second kappa shape index (κ2) is 6.76. The van der Waals surface area contributed by atoms with Crippen LogP contribution >= 0.6 is 0 Å². The lowest BCUT2D eigenvalue weighted by atomic mass is 10.2. The summed E-state index contributed by atoms with van der Waals surface area (Å²) in [4.78, 5) is 60.8. The molecular weight excluding hydrogens is 304 g/mol. The molecule has 0 spiro atoms. The average Bonchev–Trinajstić information content (AvgIpc) is 3.02. The van der Waals surface area contributed by atoms with E-state index in [-0.39, 0.29) is 12.1 Å². The van der Waals surface area contributed by atoms with Crippen molar-refractivity contribution in [2.24, 2.45) is 0 Å². The summed E-state index contributed by atoms with van der Waals surface area (Å²) >= 11 is 0. The highest BCUT2D eigenvalue weighted by molar-refractivity contribution is 6.45. The average molecular weight is 324 g/mol. The van der Waals surface area contributed by atoms with Crippen LogP contribution in [-0.2, 0) is 14.4 Å². The number of carbonyl (C=O) groups excluding carboxylic acids is 5. The molecule has 0 aromatic carbocycles. The summed E-state index contributed by atoms with van der Waals surface area (Å²) in [5, 5.41) is 4.46. The summed E-state index contributed by atoms with van der Waals surface area (Å²) in [5.74, 6) is -2.76. The number of hydrogen-bond acceptors (Lipinski definition) is 5. The van der Waals surface area contributed by atoms with Crippen LogP contribution in [0.5, 0.6) is 0 Å². The number of nitrogens with one attached hydrogen (secondary N) is 2. The van der Waals surface area contributed by atoms with Crippen LogP contribution in [0.25, 0.3) is 0 Å². The first kappa shape index (κ1) is 16.9. The Hall–Kier alpha value is -2.45. The lowest BCUT2D eigenvalue weighted by Crippen LogP contribution is -2.48. The van der Waals surface area contributed by atoms with Gasteiger partial charge in [-0.05, 0) is 26.7 Å². The number of hydrogen-bond donors (Lipinski definition) is 2. The molecule has 2 rings (SSSR count). The highest BCUT2D eigenvalue weighted by Gasteiger charge is 2.48. The van der Waals surface area contributed by atoms with Gasteiger partial charge in [-0.2, -0.15) is 0 Å². The fourth-order valence-electron chi connectivity index (χ4n) is 2.75. The van der Waals surface area contributed by atoms with Crippen molar-refractivity contribution < 1.29 is 24.0 Å². The molecule has 0 aromatic rings. The highest BCUT2D eigenvalue weighted by Crippen LogP contribution is 2.27. The van der Waals surface area contributed by atoms with Gasteiger partial charge in [0.25, 0.3) is 0 Å². The number of rotatable bonds is 4. The molecule has 1 saturated heterocycles. The normalized spacial score (nSPS) is 19.0. The van der Waals surface area contributed by atoms with Crippen molar-refractivity contribution >= 4 is 29.8 Å². The maximum Gasteiger partial charge on any atom is 0.334 e. The molecule has 0 bridgehead atoms. The second-order valence-corrected chi connectivity index (χ2v) is 5.96. The predicted molar refractivity (Wildman–Crippen MR) is 78.0 cm³/mol. The quantitative estimate of drug-likeness (QED) is 0.556. The minimum absolute atomic E-state index is 0.169. The Balaban J connectivity index is 1.98. The topological polar surface area (TPSA) is 116 Å². The molecule has 0 aromatic heterocycles. The van der Waals surface area contributed by atoms with Crippen LogP contribution in [-0.4, -0.2) is 58.2 Å². The molecule has 23 heavy (non-hydrogen) atoms. The third-order valence-electron chi connectivity index (χ3n) is 3.75. The Morgan fingerprint density at radius 3 is 2.30 bits per heavy atom. The van der Waals surface area contributed by atoms with E-state index in [4.69, 9.17) is 0 Å².